The highest BCUT2D eigenvalue weighted by molar-refractivity contribution is 6.22. The number of amides is 3. The van der Waals surface area contributed by atoms with Gasteiger partial charge >= 0.3 is 5.97 Å². The smallest absolute Gasteiger partial charge is 0.329 e. The second kappa shape index (κ2) is 10.1. The number of nitrogens with one attached hydrogen (secondary N) is 1. The molecule has 1 aliphatic heterocycles. The highest BCUT2D eigenvalue weighted by atomic mass is 16.5. The minimum Gasteiger partial charge on any atom is -0.494 e. The molecule has 1 atom stereocenters. The lowest BCUT2D eigenvalue weighted by molar-refractivity contribution is -0.151. The lowest BCUT2D eigenvalue weighted by Crippen LogP contribution is -2.46. The van der Waals surface area contributed by atoms with Crippen LogP contribution in [0.2, 0.25) is 0 Å². The number of hydrogen-bond donors (Lipinski definition) is 1. The molecule has 3 amide bonds. The van der Waals surface area contributed by atoms with Crippen LogP contribution in [0.5, 0.6) is 5.75 Å². The third kappa shape index (κ3) is 5.14. The summed E-state index contributed by atoms with van der Waals surface area (Å²) in [5, 5.41) is 2.63. The van der Waals surface area contributed by atoms with Gasteiger partial charge in [0.2, 0.25) is 0 Å². The summed E-state index contributed by atoms with van der Waals surface area (Å²) in [7, 11) is 0. The Morgan fingerprint density at radius 2 is 1.56 bits per heavy atom. The summed E-state index contributed by atoms with van der Waals surface area (Å²) in [5.41, 5.74) is 1.04. The second-order valence-electron chi connectivity index (χ2n) is 7.78. The number of carbonyl (C=O) groups is 4. The molecule has 0 saturated carbocycles. The van der Waals surface area contributed by atoms with Crippen LogP contribution in [0.3, 0.4) is 0 Å². The number of carbonyl (C=O) groups excluding carboxylic acids is 4. The zero-order chi connectivity index (χ0) is 23.3. The van der Waals surface area contributed by atoms with Crippen molar-refractivity contribution in [3.05, 3.63) is 59.7 Å². The first-order valence-corrected chi connectivity index (χ1v) is 10.5. The molecule has 2 aromatic carbocycles. The average Bonchev–Trinajstić information content (AvgIpc) is 3.02. The normalized spacial score (nSPS) is 13.7. The Balaban J connectivity index is 1.65. The van der Waals surface area contributed by atoms with Crippen LogP contribution >= 0.6 is 0 Å². The average molecular weight is 438 g/mol. The molecular formula is C24H26N2O6. The molecule has 0 bridgehead atoms. The minimum atomic E-state index is -1.11. The number of hydrogen-bond acceptors (Lipinski definition) is 6. The predicted octanol–water partition coefficient (Wildman–Crippen LogP) is 3.28. The molecule has 0 aliphatic carbocycles. The summed E-state index contributed by atoms with van der Waals surface area (Å²) in [6.07, 6.45) is 0.227. The molecule has 0 spiro atoms. The summed E-state index contributed by atoms with van der Waals surface area (Å²) in [6, 6.07) is 12.1. The Morgan fingerprint density at radius 1 is 0.969 bits per heavy atom. The molecule has 1 aliphatic rings. The molecule has 0 unspecified atom stereocenters. The Kier molecular flexibility index (Phi) is 7.25. The first-order valence-electron chi connectivity index (χ1n) is 10.5. The van der Waals surface area contributed by atoms with E-state index in [9.17, 15) is 19.2 Å². The Bertz CT molecular complexity index is 980. The third-order valence-corrected chi connectivity index (χ3v) is 4.90. The molecule has 0 aromatic heterocycles. The lowest BCUT2D eigenvalue weighted by Gasteiger charge is -2.25. The van der Waals surface area contributed by atoms with Gasteiger partial charge in [-0.3, -0.25) is 19.3 Å². The predicted molar refractivity (Wildman–Crippen MR) is 117 cm³/mol. The van der Waals surface area contributed by atoms with Crippen LogP contribution in [0.4, 0.5) is 5.69 Å². The van der Waals surface area contributed by atoms with Crippen molar-refractivity contribution in [1.82, 2.24) is 4.90 Å². The van der Waals surface area contributed by atoms with E-state index >= 15 is 0 Å². The van der Waals surface area contributed by atoms with E-state index in [1.54, 1.807) is 48.5 Å². The van der Waals surface area contributed by atoms with Crippen LogP contribution < -0.4 is 10.1 Å². The van der Waals surface area contributed by atoms with Crippen molar-refractivity contribution in [3.8, 4) is 5.75 Å². The van der Waals surface area contributed by atoms with Gasteiger partial charge in [0, 0.05) is 5.69 Å². The van der Waals surface area contributed by atoms with E-state index in [0.29, 0.717) is 18.0 Å². The molecule has 1 N–H and O–H groups in total. The molecule has 0 fully saturated rings. The van der Waals surface area contributed by atoms with Gasteiger partial charge in [-0.25, -0.2) is 4.79 Å². The van der Waals surface area contributed by atoms with Crippen molar-refractivity contribution in [2.75, 3.05) is 18.5 Å². The van der Waals surface area contributed by atoms with E-state index in [1.165, 1.54) is 0 Å². The first-order chi connectivity index (χ1) is 15.3. The largest absolute Gasteiger partial charge is 0.494 e. The Hall–Kier alpha value is -3.68. The van der Waals surface area contributed by atoms with Crippen molar-refractivity contribution in [2.45, 2.75) is 33.2 Å². The number of nitrogens with zero attached hydrogens (tertiary/aromatic N) is 1. The maximum absolute atomic E-state index is 12.8. The highest BCUT2D eigenvalue weighted by Crippen LogP contribution is 2.27. The van der Waals surface area contributed by atoms with Gasteiger partial charge in [0.15, 0.2) is 6.61 Å². The van der Waals surface area contributed by atoms with Crippen molar-refractivity contribution >= 4 is 29.4 Å². The number of ether oxygens (including phenoxy) is 2. The molecule has 8 nitrogen and oxygen atoms in total. The van der Waals surface area contributed by atoms with Gasteiger partial charge in [0.05, 0.1) is 17.7 Å². The molecule has 1 heterocycles. The van der Waals surface area contributed by atoms with Crippen molar-refractivity contribution < 1.29 is 28.7 Å². The number of esters is 1. The molecular weight excluding hydrogens is 412 g/mol. The molecule has 0 saturated heterocycles. The van der Waals surface area contributed by atoms with Gasteiger partial charge < -0.3 is 14.8 Å². The zero-order valence-electron chi connectivity index (χ0n) is 18.3. The van der Waals surface area contributed by atoms with Crippen molar-refractivity contribution in [2.24, 2.45) is 5.92 Å². The summed E-state index contributed by atoms with van der Waals surface area (Å²) < 4.78 is 10.5. The van der Waals surface area contributed by atoms with E-state index in [4.69, 9.17) is 9.47 Å². The molecule has 32 heavy (non-hydrogen) atoms. The number of fused-ring (bicyclic) bond motifs is 1. The van der Waals surface area contributed by atoms with Crippen LogP contribution in [0.25, 0.3) is 0 Å². The monoisotopic (exact) mass is 438 g/mol. The van der Waals surface area contributed by atoms with Gasteiger partial charge in [-0.15, -0.1) is 0 Å². The number of rotatable bonds is 9. The fourth-order valence-corrected chi connectivity index (χ4v) is 3.48. The topological polar surface area (TPSA) is 102 Å². The van der Waals surface area contributed by atoms with E-state index < -0.39 is 36.3 Å². The maximum atomic E-state index is 12.8. The molecule has 2 aromatic rings. The van der Waals surface area contributed by atoms with E-state index in [-0.39, 0.29) is 23.5 Å². The zero-order valence-corrected chi connectivity index (χ0v) is 18.3. The van der Waals surface area contributed by atoms with E-state index in [0.717, 1.165) is 4.90 Å². The standard InChI is InChI=1S/C24H26N2O6/c1-4-31-17-11-9-16(10-12-17)25-21(27)14-32-24(30)20(13-15(2)3)26-22(28)18-7-5-6-8-19(18)23(26)29/h5-12,15,20H,4,13-14H2,1-3H3,(H,25,27)/t20-/m1/s1. The summed E-state index contributed by atoms with van der Waals surface area (Å²) in [4.78, 5) is 51.6. The number of anilines is 1. The van der Waals surface area contributed by atoms with Gasteiger partial charge in [-0.2, -0.15) is 0 Å². The van der Waals surface area contributed by atoms with E-state index in [1.807, 2.05) is 20.8 Å². The third-order valence-electron chi connectivity index (χ3n) is 4.90. The van der Waals surface area contributed by atoms with Crippen molar-refractivity contribution in [3.63, 3.8) is 0 Å². The summed E-state index contributed by atoms with van der Waals surface area (Å²) >= 11 is 0. The molecule has 0 radical (unpaired) electrons. The Labute approximate surface area is 186 Å². The quantitative estimate of drug-likeness (QED) is 0.476. The second-order valence-corrected chi connectivity index (χ2v) is 7.78. The van der Waals surface area contributed by atoms with Gasteiger partial charge in [-0.05, 0) is 55.7 Å². The first kappa shape index (κ1) is 23.0. The minimum absolute atomic E-state index is 0.00884. The SMILES string of the molecule is CCOc1ccc(NC(=O)COC(=O)[C@@H](CC(C)C)N2C(=O)c3ccccc3C2=O)cc1. The summed E-state index contributed by atoms with van der Waals surface area (Å²) in [5.74, 6) is -1.72. The van der Waals surface area contributed by atoms with Crippen LogP contribution in [-0.2, 0) is 14.3 Å². The molecule has 3 rings (SSSR count). The number of benzene rings is 2. The number of imide groups is 1. The van der Waals surface area contributed by atoms with Crippen molar-refractivity contribution in [1.29, 1.82) is 0 Å². The van der Waals surface area contributed by atoms with Crippen LogP contribution in [0.1, 0.15) is 47.9 Å². The Morgan fingerprint density at radius 3 is 2.09 bits per heavy atom. The molecule has 8 heteroatoms. The van der Waals surface area contributed by atoms with Gasteiger partial charge in [0.25, 0.3) is 17.7 Å². The fraction of sp³-hybridized carbons (Fsp3) is 0.333. The summed E-state index contributed by atoms with van der Waals surface area (Å²) in [6.45, 7) is 5.61. The highest BCUT2D eigenvalue weighted by Gasteiger charge is 2.43. The molecule has 168 valence electrons. The fourth-order valence-electron chi connectivity index (χ4n) is 3.48. The van der Waals surface area contributed by atoms with Crippen LogP contribution in [0.15, 0.2) is 48.5 Å². The van der Waals surface area contributed by atoms with E-state index in [2.05, 4.69) is 5.32 Å². The van der Waals surface area contributed by atoms with Crippen LogP contribution in [0, 0.1) is 5.92 Å². The van der Waals surface area contributed by atoms with Gasteiger partial charge in [0.1, 0.15) is 11.8 Å². The maximum Gasteiger partial charge on any atom is 0.329 e. The van der Waals surface area contributed by atoms with Gasteiger partial charge in [-0.1, -0.05) is 26.0 Å². The van der Waals surface area contributed by atoms with Crippen LogP contribution in [-0.4, -0.2) is 47.8 Å². The lowest BCUT2D eigenvalue weighted by atomic mass is 10.0.